The van der Waals surface area contributed by atoms with E-state index in [0.717, 1.165) is 7.11 Å². The van der Waals surface area contributed by atoms with E-state index >= 15 is 0 Å². The van der Waals surface area contributed by atoms with Crippen LogP contribution in [0.1, 0.15) is 17.5 Å². The van der Waals surface area contributed by atoms with Gasteiger partial charge in [0.05, 0.1) is 7.11 Å². The van der Waals surface area contributed by atoms with E-state index in [1.54, 1.807) is 12.1 Å². The van der Waals surface area contributed by atoms with Crippen molar-refractivity contribution in [3.05, 3.63) is 29.3 Å². The Labute approximate surface area is 97.3 Å². The summed E-state index contributed by atoms with van der Waals surface area (Å²) in [6.45, 7) is 0. The van der Waals surface area contributed by atoms with Crippen molar-refractivity contribution in [2.45, 2.75) is 24.6 Å². The molecule has 0 saturated carbocycles. The van der Waals surface area contributed by atoms with Gasteiger partial charge in [-0.15, -0.1) is 0 Å². The number of benzene rings is 1. The molecule has 1 atom stereocenters. The normalized spacial score (nSPS) is 23.6. The molecule has 0 heterocycles. The van der Waals surface area contributed by atoms with Crippen molar-refractivity contribution in [3.63, 3.8) is 0 Å². The van der Waals surface area contributed by atoms with E-state index in [-0.39, 0.29) is 12.0 Å². The van der Waals surface area contributed by atoms with Crippen LogP contribution in [-0.4, -0.2) is 20.4 Å². The summed E-state index contributed by atoms with van der Waals surface area (Å²) in [5.41, 5.74) is -1.42. The summed E-state index contributed by atoms with van der Waals surface area (Å²) in [6.07, 6.45) is -4.20. The topological polar surface area (TPSA) is 18.5 Å². The molecule has 0 fully saturated rings. The minimum absolute atomic E-state index is 0.0945. The van der Waals surface area contributed by atoms with E-state index in [2.05, 4.69) is 0 Å². The first kappa shape index (κ1) is 12.2. The van der Waals surface area contributed by atoms with E-state index in [1.165, 1.54) is 13.2 Å². The fraction of sp³-hybridized carbons (Fsp3) is 0.500. The first-order chi connectivity index (χ1) is 7.96. The van der Waals surface area contributed by atoms with E-state index in [1.807, 2.05) is 0 Å². The number of hydrogen-bond donors (Lipinski definition) is 0. The summed E-state index contributed by atoms with van der Waals surface area (Å²) in [7, 11) is 2.55. The molecule has 5 heteroatoms. The number of methoxy groups -OCH3 is 2. The van der Waals surface area contributed by atoms with Crippen LogP contribution in [0.2, 0.25) is 0 Å². The quantitative estimate of drug-likeness (QED) is 0.798. The second-order valence-electron chi connectivity index (χ2n) is 4.02. The van der Waals surface area contributed by atoms with Gasteiger partial charge in [0.2, 0.25) is 0 Å². The van der Waals surface area contributed by atoms with E-state index in [9.17, 15) is 13.2 Å². The third-order valence-corrected chi connectivity index (χ3v) is 3.32. The molecule has 0 aliphatic heterocycles. The molecule has 2 nitrogen and oxygen atoms in total. The number of fused-ring (bicyclic) bond motifs is 1. The Morgan fingerprint density at radius 1 is 1.24 bits per heavy atom. The van der Waals surface area contributed by atoms with Gasteiger partial charge in [0.25, 0.3) is 0 Å². The molecule has 0 spiro atoms. The van der Waals surface area contributed by atoms with Gasteiger partial charge in [0.15, 0.2) is 5.60 Å². The van der Waals surface area contributed by atoms with Crippen LogP contribution in [0.5, 0.6) is 5.75 Å². The molecule has 0 aromatic heterocycles. The molecule has 0 N–H and O–H groups in total. The predicted octanol–water partition coefficient (Wildman–Crippen LogP) is 3.05. The van der Waals surface area contributed by atoms with Crippen LogP contribution in [0.3, 0.4) is 0 Å². The van der Waals surface area contributed by atoms with Crippen molar-refractivity contribution < 1.29 is 22.6 Å². The van der Waals surface area contributed by atoms with Crippen LogP contribution in [0.4, 0.5) is 13.2 Å². The summed E-state index contributed by atoms with van der Waals surface area (Å²) in [5, 5.41) is 0. The second-order valence-corrected chi connectivity index (χ2v) is 4.02. The number of halogens is 3. The van der Waals surface area contributed by atoms with Gasteiger partial charge in [-0.2, -0.15) is 13.2 Å². The lowest BCUT2D eigenvalue weighted by molar-refractivity contribution is -0.275. The number of alkyl halides is 3. The Kier molecular flexibility index (Phi) is 2.81. The molecule has 17 heavy (non-hydrogen) atoms. The first-order valence-corrected chi connectivity index (χ1v) is 5.24. The Balaban J connectivity index is 2.59. The first-order valence-electron chi connectivity index (χ1n) is 5.24. The molecular formula is C12H13F3O2. The molecule has 0 bridgehead atoms. The van der Waals surface area contributed by atoms with Crippen LogP contribution in [0.25, 0.3) is 0 Å². The van der Waals surface area contributed by atoms with Gasteiger partial charge in [-0.1, -0.05) is 12.1 Å². The fourth-order valence-electron chi connectivity index (χ4n) is 2.45. The number of rotatable bonds is 2. The van der Waals surface area contributed by atoms with Crippen molar-refractivity contribution in [1.82, 2.24) is 0 Å². The van der Waals surface area contributed by atoms with Crippen molar-refractivity contribution in [2.75, 3.05) is 14.2 Å². The third kappa shape index (κ3) is 1.60. The smallest absolute Gasteiger partial charge is 0.421 e. The lowest BCUT2D eigenvalue weighted by Crippen LogP contribution is -2.42. The van der Waals surface area contributed by atoms with Gasteiger partial charge in [0, 0.05) is 12.7 Å². The molecule has 2 rings (SSSR count). The maximum Gasteiger partial charge on any atom is 0.421 e. The molecule has 94 valence electrons. The molecule has 0 saturated heterocycles. The molecule has 0 amide bonds. The van der Waals surface area contributed by atoms with Gasteiger partial charge < -0.3 is 9.47 Å². The highest BCUT2D eigenvalue weighted by Gasteiger charge is 2.59. The van der Waals surface area contributed by atoms with Crippen molar-refractivity contribution in [1.29, 1.82) is 0 Å². The highest BCUT2D eigenvalue weighted by Crippen LogP contribution is 2.52. The van der Waals surface area contributed by atoms with Crippen LogP contribution in [-0.2, 0) is 16.8 Å². The number of hydrogen-bond acceptors (Lipinski definition) is 2. The lowest BCUT2D eigenvalue weighted by atomic mass is 9.95. The van der Waals surface area contributed by atoms with Gasteiger partial charge in [0.1, 0.15) is 5.75 Å². The molecule has 1 aliphatic carbocycles. The largest absolute Gasteiger partial charge is 0.496 e. The second kappa shape index (κ2) is 3.91. The Bertz CT molecular complexity index is 428. The fourth-order valence-corrected chi connectivity index (χ4v) is 2.45. The Hall–Kier alpha value is -1.23. The van der Waals surface area contributed by atoms with Crippen molar-refractivity contribution in [2.24, 2.45) is 0 Å². The summed E-state index contributed by atoms with van der Waals surface area (Å²) in [4.78, 5) is 0. The van der Waals surface area contributed by atoms with Crippen LogP contribution in [0.15, 0.2) is 18.2 Å². The zero-order valence-electron chi connectivity index (χ0n) is 9.60. The average molecular weight is 246 g/mol. The number of ether oxygens (including phenoxy) is 2. The standard InChI is InChI=1S/C12H13F3O2/c1-16-10-5-3-4-9-8(10)6-7-11(9,17-2)12(13,14)15/h3-5H,6-7H2,1-2H3. The van der Waals surface area contributed by atoms with E-state index in [4.69, 9.17) is 9.47 Å². The summed E-state index contributed by atoms with van der Waals surface area (Å²) in [6, 6.07) is 4.69. The van der Waals surface area contributed by atoms with Gasteiger partial charge >= 0.3 is 6.18 Å². The van der Waals surface area contributed by atoms with E-state index < -0.39 is 11.8 Å². The molecule has 1 aliphatic rings. The monoisotopic (exact) mass is 246 g/mol. The molecule has 1 unspecified atom stereocenters. The van der Waals surface area contributed by atoms with Crippen molar-refractivity contribution in [3.8, 4) is 5.75 Å². The zero-order valence-corrected chi connectivity index (χ0v) is 9.60. The van der Waals surface area contributed by atoms with Crippen LogP contribution in [0, 0.1) is 0 Å². The maximum atomic E-state index is 13.2. The highest BCUT2D eigenvalue weighted by molar-refractivity contribution is 5.47. The SMILES string of the molecule is COc1cccc2c1CCC2(OC)C(F)(F)F. The van der Waals surface area contributed by atoms with Gasteiger partial charge in [-0.25, -0.2) is 0 Å². The summed E-state index contributed by atoms with van der Waals surface area (Å²) >= 11 is 0. The van der Waals surface area contributed by atoms with Gasteiger partial charge in [-0.3, -0.25) is 0 Å². The minimum atomic E-state index is -4.42. The predicted molar refractivity (Wildman–Crippen MR) is 56.1 cm³/mol. The lowest BCUT2D eigenvalue weighted by Gasteiger charge is -2.31. The Morgan fingerprint density at radius 3 is 2.47 bits per heavy atom. The Morgan fingerprint density at radius 2 is 1.94 bits per heavy atom. The van der Waals surface area contributed by atoms with Crippen LogP contribution < -0.4 is 4.74 Å². The van der Waals surface area contributed by atoms with Gasteiger partial charge in [-0.05, 0) is 24.5 Å². The minimum Gasteiger partial charge on any atom is -0.496 e. The summed E-state index contributed by atoms with van der Waals surface area (Å²) < 4.78 is 49.4. The molecule has 0 radical (unpaired) electrons. The van der Waals surface area contributed by atoms with Crippen molar-refractivity contribution >= 4 is 0 Å². The van der Waals surface area contributed by atoms with Crippen LogP contribution >= 0.6 is 0 Å². The highest BCUT2D eigenvalue weighted by atomic mass is 19.4. The third-order valence-electron chi connectivity index (χ3n) is 3.32. The van der Waals surface area contributed by atoms with E-state index in [0.29, 0.717) is 17.7 Å². The summed E-state index contributed by atoms with van der Waals surface area (Å²) in [5.74, 6) is 0.491. The molecule has 1 aromatic rings. The maximum absolute atomic E-state index is 13.2. The zero-order chi connectivity index (χ0) is 12.7. The molecule has 1 aromatic carbocycles. The average Bonchev–Trinajstić information content (AvgIpc) is 2.67. The molecular weight excluding hydrogens is 233 g/mol.